The predicted octanol–water partition coefficient (Wildman–Crippen LogP) is 2.36. The first-order valence-corrected chi connectivity index (χ1v) is 9.51. The second-order valence-corrected chi connectivity index (χ2v) is 7.18. The van der Waals surface area contributed by atoms with E-state index in [4.69, 9.17) is 30.9 Å². The van der Waals surface area contributed by atoms with E-state index in [9.17, 15) is 13.9 Å². The zero-order valence-electron chi connectivity index (χ0n) is 15.5. The van der Waals surface area contributed by atoms with Gasteiger partial charge in [-0.2, -0.15) is 9.97 Å². The number of rotatable bonds is 7. The molecule has 4 rings (SSSR count). The van der Waals surface area contributed by atoms with Crippen molar-refractivity contribution >= 4 is 22.8 Å². The third-order valence-corrected chi connectivity index (χ3v) is 4.94. The molecular formula is C19H18ClF2N3O5. The summed E-state index contributed by atoms with van der Waals surface area (Å²) in [6.45, 7) is -0.558. The number of aromatic nitrogens is 3. The van der Waals surface area contributed by atoms with Crippen LogP contribution in [0.3, 0.4) is 0 Å². The molecule has 3 aromatic rings. The highest BCUT2D eigenvalue weighted by atomic mass is 35.5. The molecule has 0 bridgehead atoms. The first kappa shape index (κ1) is 20.7. The van der Waals surface area contributed by atoms with Gasteiger partial charge in [0.05, 0.1) is 30.4 Å². The molecule has 30 heavy (non-hydrogen) atoms. The number of aromatic amines is 1. The number of aliphatic hydroxyl groups is 2. The molecule has 0 amide bonds. The van der Waals surface area contributed by atoms with Gasteiger partial charge in [-0.3, -0.25) is 0 Å². The minimum atomic E-state index is -0.978. The van der Waals surface area contributed by atoms with Crippen molar-refractivity contribution in [2.75, 3.05) is 13.2 Å². The lowest BCUT2D eigenvalue weighted by Crippen LogP contribution is -2.29. The Bertz CT molecular complexity index is 1030. The van der Waals surface area contributed by atoms with Crippen molar-refractivity contribution in [2.45, 2.75) is 31.3 Å². The Labute approximate surface area is 174 Å². The Kier molecular flexibility index (Phi) is 6.00. The topological polar surface area (TPSA) is 110 Å². The van der Waals surface area contributed by atoms with Crippen molar-refractivity contribution in [3.05, 3.63) is 46.5 Å². The van der Waals surface area contributed by atoms with Crippen LogP contribution >= 0.6 is 11.6 Å². The van der Waals surface area contributed by atoms with Crippen molar-refractivity contribution in [2.24, 2.45) is 0 Å². The van der Waals surface area contributed by atoms with Gasteiger partial charge < -0.3 is 29.4 Å². The molecule has 1 aromatic carbocycles. The summed E-state index contributed by atoms with van der Waals surface area (Å²) in [7, 11) is 0. The maximum absolute atomic E-state index is 13.8. The lowest BCUT2D eigenvalue weighted by molar-refractivity contribution is -0.0289. The Morgan fingerprint density at radius 1 is 1.30 bits per heavy atom. The van der Waals surface area contributed by atoms with Crippen molar-refractivity contribution < 1.29 is 33.2 Å². The number of H-pyrrole nitrogens is 1. The molecule has 1 aliphatic heterocycles. The van der Waals surface area contributed by atoms with E-state index >= 15 is 0 Å². The third-order valence-electron chi connectivity index (χ3n) is 4.67. The molecule has 3 atom stereocenters. The van der Waals surface area contributed by atoms with E-state index < -0.39 is 37.1 Å². The third kappa shape index (κ3) is 4.31. The zero-order chi connectivity index (χ0) is 21.3. The fourth-order valence-corrected chi connectivity index (χ4v) is 3.30. The second kappa shape index (κ2) is 8.68. The van der Waals surface area contributed by atoms with Crippen LogP contribution in [0.15, 0.2) is 24.3 Å². The normalized spacial score (nSPS) is 19.9. The summed E-state index contributed by atoms with van der Waals surface area (Å²) >= 11 is 6.16. The van der Waals surface area contributed by atoms with Crippen molar-refractivity contribution in [1.29, 1.82) is 0 Å². The van der Waals surface area contributed by atoms with Gasteiger partial charge in [0.25, 0.3) is 6.01 Å². The monoisotopic (exact) mass is 441 g/mol. The molecule has 0 radical (unpaired) electrons. The first-order chi connectivity index (χ1) is 14.4. The first-order valence-electron chi connectivity index (χ1n) is 9.13. The second-order valence-electron chi connectivity index (χ2n) is 6.77. The smallest absolute Gasteiger partial charge is 0.296 e. The van der Waals surface area contributed by atoms with E-state index in [1.165, 1.54) is 12.1 Å². The summed E-state index contributed by atoms with van der Waals surface area (Å²) in [5.74, 6) is -1.49. The van der Waals surface area contributed by atoms with Crippen LogP contribution < -0.4 is 9.47 Å². The molecule has 8 nitrogen and oxygen atoms in total. The molecule has 0 saturated carbocycles. The zero-order valence-corrected chi connectivity index (χ0v) is 16.3. The SMILES string of the molecule is OCC(O)C1C[C@H](Oc2nc3nc(OCc4c(F)cccc4F)c(Cl)cc3[nH]2)CO1. The number of pyridine rings is 1. The standard InChI is InChI=1S/C19H18ClF2N3O5/c20-11-5-14-17(24-18(11)29-8-10-12(21)2-1-3-13(10)22)25-19(23-14)30-9-4-16(28-7-9)15(27)6-26/h1-3,5,9,15-16,26-27H,4,6-8H2,(H,23,24,25)/t9-,15?,16?/m0/s1. The average molecular weight is 442 g/mol. The van der Waals surface area contributed by atoms with E-state index in [-0.39, 0.29) is 40.8 Å². The number of ether oxygens (including phenoxy) is 3. The number of halogens is 3. The van der Waals surface area contributed by atoms with E-state index in [0.29, 0.717) is 11.9 Å². The Balaban J connectivity index is 1.46. The largest absolute Gasteiger partial charge is 0.471 e. The number of aliphatic hydroxyl groups excluding tert-OH is 2. The molecule has 0 aliphatic carbocycles. The quantitative estimate of drug-likeness (QED) is 0.516. The summed E-state index contributed by atoms with van der Waals surface area (Å²) < 4.78 is 44.0. The van der Waals surface area contributed by atoms with Crippen LogP contribution in [0.4, 0.5) is 8.78 Å². The van der Waals surface area contributed by atoms with Gasteiger partial charge in [-0.15, -0.1) is 0 Å². The fraction of sp³-hybridized carbons (Fsp3) is 0.368. The van der Waals surface area contributed by atoms with E-state index in [2.05, 4.69) is 15.0 Å². The fourth-order valence-electron chi connectivity index (χ4n) is 3.10. The van der Waals surface area contributed by atoms with Gasteiger partial charge in [-0.05, 0) is 18.2 Å². The van der Waals surface area contributed by atoms with Crippen LogP contribution in [0, 0.1) is 11.6 Å². The van der Waals surface area contributed by atoms with Crippen LogP contribution in [-0.2, 0) is 11.3 Å². The van der Waals surface area contributed by atoms with E-state index in [1.807, 2.05) is 0 Å². The number of nitrogens with zero attached hydrogens (tertiary/aromatic N) is 2. The summed E-state index contributed by atoms with van der Waals surface area (Å²) in [5, 5.41) is 18.8. The van der Waals surface area contributed by atoms with Gasteiger partial charge in [-0.1, -0.05) is 17.7 Å². The van der Waals surface area contributed by atoms with Gasteiger partial charge in [0, 0.05) is 6.42 Å². The van der Waals surface area contributed by atoms with Gasteiger partial charge in [0.1, 0.15) is 35.5 Å². The number of imidazole rings is 1. The van der Waals surface area contributed by atoms with Gasteiger partial charge in [0.15, 0.2) is 5.65 Å². The van der Waals surface area contributed by atoms with E-state index in [1.54, 1.807) is 0 Å². The number of hydrogen-bond acceptors (Lipinski definition) is 7. The molecule has 3 N–H and O–H groups in total. The average Bonchev–Trinajstić information content (AvgIpc) is 3.33. The minimum absolute atomic E-state index is 0.0276. The predicted molar refractivity (Wildman–Crippen MR) is 101 cm³/mol. The van der Waals surface area contributed by atoms with Gasteiger partial charge >= 0.3 is 0 Å². The van der Waals surface area contributed by atoms with Crippen molar-refractivity contribution in [3.63, 3.8) is 0 Å². The lowest BCUT2D eigenvalue weighted by atomic mass is 10.1. The van der Waals surface area contributed by atoms with Crippen LogP contribution in [0.25, 0.3) is 11.2 Å². The number of benzene rings is 1. The Morgan fingerprint density at radius 2 is 2.07 bits per heavy atom. The van der Waals surface area contributed by atoms with Crippen molar-refractivity contribution in [3.8, 4) is 11.9 Å². The van der Waals surface area contributed by atoms with Gasteiger partial charge in [0.2, 0.25) is 5.88 Å². The van der Waals surface area contributed by atoms with Crippen LogP contribution in [0.1, 0.15) is 12.0 Å². The summed E-state index contributed by atoms with van der Waals surface area (Å²) in [6, 6.07) is 5.21. The van der Waals surface area contributed by atoms with Crippen molar-refractivity contribution in [1.82, 2.24) is 15.0 Å². The molecule has 1 fully saturated rings. The van der Waals surface area contributed by atoms with E-state index in [0.717, 1.165) is 12.1 Å². The maximum atomic E-state index is 13.8. The highest BCUT2D eigenvalue weighted by Gasteiger charge is 2.32. The van der Waals surface area contributed by atoms with Crippen LogP contribution in [0.5, 0.6) is 11.9 Å². The molecule has 1 saturated heterocycles. The molecule has 2 unspecified atom stereocenters. The molecular weight excluding hydrogens is 424 g/mol. The van der Waals surface area contributed by atoms with Gasteiger partial charge in [-0.25, -0.2) is 8.78 Å². The number of hydrogen-bond donors (Lipinski definition) is 3. The maximum Gasteiger partial charge on any atom is 0.296 e. The number of fused-ring (bicyclic) bond motifs is 1. The molecule has 160 valence electrons. The Hall–Kier alpha value is -2.53. The summed E-state index contributed by atoms with van der Waals surface area (Å²) in [5.41, 5.74) is 0.483. The molecule has 11 heteroatoms. The Morgan fingerprint density at radius 3 is 2.80 bits per heavy atom. The minimum Gasteiger partial charge on any atom is -0.471 e. The lowest BCUT2D eigenvalue weighted by Gasteiger charge is -2.14. The van der Waals surface area contributed by atoms with Crippen LogP contribution in [0.2, 0.25) is 5.02 Å². The molecule has 3 heterocycles. The van der Waals surface area contributed by atoms with Crippen LogP contribution in [-0.4, -0.2) is 56.7 Å². The summed E-state index contributed by atoms with van der Waals surface area (Å²) in [4.78, 5) is 11.3. The molecule has 0 spiro atoms. The molecule has 2 aromatic heterocycles. The summed E-state index contributed by atoms with van der Waals surface area (Å²) in [6.07, 6.45) is -1.48. The molecule has 1 aliphatic rings. The highest BCUT2D eigenvalue weighted by molar-refractivity contribution is 6.32. The number of nitrogens with one attached hydrogen (secondary N) is 1. The highest BCUT2D eigenvalue weighted by Crippen LogP contribution is 2.29.